The van der Waals surface area contributed by atoms with Crippen LogP contribution in [-0.4, -0.2) is 21.0 Å². The van der Waals surface area contributed by atoms with Crippen LogP contribution in [0.25, 0.3) is 10.9 Å². The smallest absolute Gasteiger partial charge is 0.111 e. The second-order valence-electron chi connectivity index (χ2n) is 7.70. The molecule has 2 aromatic carbocycles. The topological polar surface area (TPSA) is 43.1 Å². The van der Waals surface area contributed by atoms with Gasteiger partial charge in [-0.3, -0.25) is 14.7 Å². The normalized spacial score (nSPS) is 12.8. The fourth-order valence-corrected chi connectivity index (χ4v) is 3.83. The Hall–Kier alpha value is -2.98. The van der Waals surface area contributed by atoms with E-state index in [1.54, 1.807) is 6.20 Å². The molecule has 2 heterocycles. The summed E-state index contributed by atoms with van der Waals surface area (Å²) in [5.41, 5.74) is 6.04. The highest BCUT2D eigenvalue weighted by molar-refractivity contribution is 6.21. The summed E-state index contributed by atoms with van der Waals surface area (Å²) >= 11 is 6.46. The highest BCUT2D eigenvalue weighted by Gasteiger charge is 2.15. The van der Waals surface area contributed by atoms with Crippen LogP contribution in [0.5, 0.6) is 0 Å². The molecule has 5 heteroatoms. The maximum Gasteiger partial charge on any atom is 0.111 e. The van der Waals surface area contributed by atoms with Gasteiger partial charge in [-0.1, -0.05) is 56.3 Å². The molecule has 0 amide bonds. The quantitative estimate of drug-likeness (QED) is 0.260. The van der Waals surface area contributed by atoms with Crippen molar-refractivity contribution in [2.24, 2.45) is 4.99 Å². The predicted molar refractivity (Wildman–Crippen MR) is 125 cm³/mol. The molecule has 4 rings (SSSR count). The fourth-order valence-electron chi connectivity index (χ4n) is 3.66. The number of hydrogen-bond acceptors (Lipinski definition) is 3. The molecule has 1 atom stereocenters. The van der Waals surface area contributed by atoms with Gasteiger partial charge in [0.15, 0.2) is 0 Å². The molecule has 0 aliphatic heterocycles. The van der Waals surface area contributed by atoms with Crippen molar-refractivity contribution in [3.63, 3.8) is 0 Å². The summed E-state index contributed by atoms with van der Waals surface area (Å²) in [6.45, 7) is 6.95. The summed E-state index contributed by atoms with van der Waals surface area (Å²) in [6.07, 6.45) is 3.67. The van der Waals surface area contributed by atoms with Crippen molar-refractivity contribution in [3.05, 3.63) is 89.4 Å². The van der Waals surface area contributed by atoms with Gasteiger partial charge in [0.1, 0.15) is 5.69 Å². The van der Waals surface area contributed by atoms with Crippen molar-refractivity contribution in [2.45, 2.75) is 38.6 Å². The van der Waals surface area contributed by atoms with Gasteiger partial charge in [-0.25, -0.2) is 0 Å². The van der Waals surface area contributed by atoms with Crippen LogP contribution in [0.2, 0.25) is 0 Å². The summed E-state index contributed by atoms with van der Waals surface area (Å²) in [5, 5.41) is 5.80. The fraction of sp³-hybridized carbons (Fsp3) is 0.240. The monoisotopic (exact) mass is 416 g/mol. The lowest BCUT2D eigenvalue weighted by molar-refractivity contribution is 0.695. The number of nitrogens with zero attached hydrogens (tertiary/aromatic N) is 4. The minimum absolute atomic E-state index is 0.116. The van der Waals surface area contributed by atoms with Crippen LogP contribution < -0.4 is 0 Å². The lowest BCUT2D eigenvalue weighted by atomic mass is 9.97. The predicted octanol–water partition coefficient (Wildman–Crippen LogP) is 6.65. The van der Waals surface area contributed by atoms with Crippen LogP contribution >= 0.6 is 11.6 Å². The lowest BCUT2D eigenvalue weighted by Crippen LogP contribution is -2.03. The molecule has 4 nitrogen and oxygen atoms in total. The van der Waals surface area contributed by atoms with Gasteiger partial charge in [-0.05, 0) is 42.2 Å². The van der Waals surface area contributed by atoms with Gasteiger partial charge in [0.05, 0.1) is 35.0 Å². The number of pyridine rings is 1. The van der Waals surface area contributed by atoms with Crippen LogP contribution in [-0.2, 0) is 6.54 Å². The van der Waals surface area contributed by atoms with E-state index in [-0.39, 0.29) is 5.38 Å². The molecule has 0 saturated carbocycles. The minimum atomic E-state index is -0.116. The maximum atomic E-state index is 6.46. The summed E-state index contributed by atoms with van der Waals surface area (Å²) in [6, 6.07) is 20.4. The van der Waals surface area contributed by atoms with E-state index >= 15 is 0 Å². The van der Waals surface area contributed by atoms with Crippen molar-refractivity contribution in [3.8, 4) is 0 Å². The van der Waals surface area contributed by atoms with Crippen molar-refractivity contribution >= 4 is 34.4 Å². The number of rotatable bonds is 6. The number of aliphatic imine (C=N–C) groups is 1. The number of alkyl halides is 1. The second-order valence-corrected chi connectivity index (χ2v) is 8.35. The molecule has 1 unspecified atom stereocenters. The molecule has 0 saturated heterocycles. The Labute approximate surface area is 182 Å². The van der Waals surface area contributed by atoms with Crippen LogP contribution in [0.1, 0.15) is 54.6 Å². The number of para-hydroxylation sites is 2. The Morgan fingerprint density at radius 3 is 2.47 bits per heavy atom. The standard InChI is InChI=1S/C25H25ClN4/c1-17(2)20-11-8-12-21(18(3)26)25(20)28-15-23-22-10-4-5-13-24(22)30(29-23)16-19-9-6-7-14-27-19/h4-15,17-18H,16H2,1-3H3/b28-15+. The SMILES string of the molecule is CC(C)c1cccc(C(C)Cl)c1/N=C/c1nn(Cc2ccccn2)c2ccccc12. The maximum absolute atomic E-state index is 6.46. The molecular weight excluding hydrogens is 392 g/mol. The van der Waals surface area contributed by atoms with E-state index < -0.39 is 0 Å². The van der Waals surface area contributed by atoms with E-state index in [2.05, 4.69) is 43.1 Å². The third-order valence-corrected chi connectivity index (χ3v) is 5.42. The first kappa shape index (κ1) is 20.3. The minimum Gasteiger partial charge on any atom is -0.259 e. The van der Waals surface area contributed by atoms with Crippen molar-refractivity contribution in [1.29, 1.82) is 0 Å². The van der Waals surface area contributed by atoms with Crippen LogP contribution in [0.15, 0.2) is 71.9 Å². The molecule has 2 aromatic heterocycles. The summed E-state index contributed by atoms with van der Waals surface area (Å²) in [5.74, 6) is 0.353. The Morgan fingerprint density at radius 1 is 0.967 bits per heavy atom. The number of fused-ring (bicyclic) bond motifs is 1. The largest absolute Gasteiger partial charge is 0.259 e. The summed E-state index contributed by atoms with van der Waals surface area (Å²) in [4.78, 5) is 9.33. The first-order valence-electron chi connectivity index (χ1n) is 10.2. The molecule has 4 aromatic rings. The van der Waals surface area contributed by atoms with E-state index in [0.29, 0.717) is 12.5 Å². The number of halogens is 1. The highest BCUT2D eigenvalue weighted by atomic mass is 35.5. The molecule has 0 fully saturated rings. The van der Waals surface area contributed by atoms with Crippen LogP contribution in [0.4, 0.5) is 5.69 Å². The van der Waals surface area contributed by atoms with E-state index in [1.807, 2.05) is 54.2 Å². The van der Waals surface area contributed by atoms with Gasteiger partial charge in [0.25, 0.3) is 0 Å². The molecule has 0 spiro atoms. The Morgan fingerprint density at radius 2 is 1.73 bits per heavy atom. The van der Waals surface area contributed by atoms with Crippen molar-refractivity contribution in [1.82, 2.24) is 14.8 Å². The molecule has 30 heavy (non-hydrogen) atoms. The van der Waals surface area contributed by atoms with E-state index in [1.165, 1.54) is 5.56 Å². The second kappa shape index (κ2) is 8.80. The number of aromatic nitrogens is 3. The van der Waals surface area contributed by atoms with Gasteiger partial charge in [0.2, 0.25) is 0 Å². The van der Waals surface area contributed by atoms with Crippen molar-refractivity contribution < 1.29 is 0 Å². The zero-order valence-corrected chi connectivity index (χ0v) is 18.2. The molecule has 0 aliphatic carbocycles. The van der Waals surface area contributed by atoms with Crippen molar-refractivity contribution in [2.75, 3.05) is 0 Å². The first-order valence-corrected chi connectivity index (χ1v) is 10.6. The zero-order chi connectivity index (χ0) is 21.1. The van der Waals surface area contributed by atoms with Gasteiger partial charge in [0, 0.05) is 11.6 Å². The van der Waals surface area contributed by atoms with Gasteiger partial charge in [-0.15, -0.1) is 11.6 Å². The summed E-state index contributed by atoms with van der Waals surface area (Å²) in [7, 11) is 0. The average molecular weight is 417 g/mol. The molecule has 0 bridgehead atoms. The Balaban J connectivity index is 1.78. The van der Waals surface area contributed by atoms with E-state index in [9.17, 15) is 0 Å². The molecule has 0 N–H and O–H groups in total. The average Bonchev–Trinajstić information content (AvgIpc) is 3.10. The number of hydrogen-bond donors (Lipinski definition) is 0. The summed E-state index contributed by atoms with van der Waals surface area (Å²) < 4.78 is 1.98. The Kier molecular flexibility index (Phi) is 5.96. The van der Waals surface area contributed by atoms with Gasteiger partial charge >= 0.3 is 0 Å². The van der Waals surface area contributed by atoms with Gasteiger partial charge in [-0.2, -0.15) is 5.10 Å². The Bertz CT molecular complexity index is 1150. The molecule has 152 valence electrons. The molecule has 0 radical (unpaired) electrons. The lowest BCUT2D eigenvalue weighted by Gasteiger charge is -2.15. The molecule has 0 aliphatic rings. The van der Waals surface area contributed by atoms with E-state index in [4.69, 9.17) is 21.7 Å². The van der Waals surface area contributed by atoms with E-state index in [0.717, 1.165) is 33.5 Å². The number of benzene rings is 2. The highest BCUT2D eigenvalue weighted by Crippen LogP contribution is 2.36. The van der Waals surface area contributed by atoms with Crippen LogP contribution in [0, 0.1) is 0 Å². The molecular formula is C25H25ClN4. The third kappa shape index (κ3) is 4.14. The zero-order valence-electron chi connectivity index (χ0n) is 17.5. The van der Waals surface area contributed by atoms with Gasteiger partial charge < -0.3 is 0 Å². The van der Waals surface area contributed by atoms with Crippen LogP contribution in [0.3, 0.4) is 0 Å². The first-order chi connectivity index (χ1) is 14.5. The third-order valence-electron chi connectivity index (χ3n) is 5.19.